The summed E-state index contributed by atoms with van der Waals surface area (Å²) in [5.41, 5.74) is 1.27. The fourth-order valence-corrected chi connectivity index (χ4v) is 2.15. The number of amides is 2. The van der Waals surface area contributed by atoms with Crippen LogP contribution in [0.2, 0.25) is 0 Å². The maximum Gasteiger partial charge on any atom is 0.233 e. The molecule has 5 nitrogen and oxygen atoms in total. The molecule has 6 heteroatoms. The average molecular weight is 377 g/mol. The van der Waals surface area contributed by atoms with Gasteiger partial charge in [0.2, 0.25) is 11.8 Å². The number of carbonyl (C=O) groups excluding carboxylic acids is 2. The van der Waals surface area contributed by atoms with Gasteiger partial charge in [0.15, 0.2) is 0 Å². The SMILES string of the molecule is CCOc1ccc(NC(=O)CC(=O)Nc2ccc(Br)cc2)cc1. The third-order valence-electron chi connectivity index (χ3n) is 2.90. The molecule has 0 unspecified atom stereocenters. The standard InChI is InChI=1S/C17H17BrN2O3/c1-2-23-15-9-7-14(8-10-15)20-17(22)11-16(21)19-13-5-3-12(18)4-6-13/h3-10H,2,11H2,1H3,(H,19,21)(H,20,22). The van der Waals surface area contributed by atoms with Crippen molar-refractivity contribution >= 4 is 39.1 Å². The Kier molecular flexibility index (Phi) is 6.17. The summed E-state index contributed by atoms with van der Waals surface area (Å²) >= 11 is 3.32. The van der Waals surface area contributed by atoms with E-state index in [-0.39, 0.29) is 18.2 Å². The Balaban J connectivity index is 1.83. The molecule has 2 amide bonds. The fourth-order valence-electron chi connectivity index (χ4n) is 1.89. The van der Waals surface area contributed by atoms with E-state index in [1.807, 2.05) is 19.1 Å². The minimum Gasteiger partial charge on any atom is -0.494 e. The number of ether oxygens (including phenoxy) is 1. The Morgan fingerprint density at radius 3 is 1.87 bits per heavy atom. The van der Waals surface area contributed by atoms with Gasteiger partial charge in [-0.1, -0.05) is 15.9 Å². The molecular weight excluding hydrogens is 360 g/mol. The summed E-state index contributed by atoms with van der Waals surface area (Å²) in [6, 6.07) is 14.1. The lowest BCUT2D eigenvalue weighted by Gasteiger charge is -2.08. The van der Waals surface area contributed by atoms with Gasteiger partial charge < -0.3 is 15.4 Å². The number of hydrogen-bond acceptors (Lipinski definition) is 3. The van der Waals surface area contributed by atoms with E-state index in [9.17, 15) is 9.59 Å². The van der Waals surface area contributed by atoms with Crippen LogP contribution in [0.15, 0.2) is 53.0 Å². The Labute approximate surface area is 143 Å². The van der Waals surface area contributed by atoms with Gasteiger partial charge in [0.25, 0.3) is 0 Å². The molecular formula is C17H17BrN2O3. The van der Waals surface area contributed by atoms with Crippen molar-refractivity contribution in [2.24, 2.45) is 0 Å². The Morgan fingerprint density at radius 1 is 0.913 bits per heavy atom. The molecule has 2 aromatic carbocycles. The van der Waals surface area contributed by atoms with E-state index in [1.165, 1.54) is 0 Å². The lowest BCUT2D eigenvalue weighted by atomic mass is 10.2. The number of nitrogens with one attached hydrogen (secondary N) is 2. The zero-order chi connectivity index (χ0) is 16.7. The molecule has 120 valence electrons. The van der Waals surface area contributed by atoms with Crippen molar-refractivity contribution in [1.82, 2.24) is 0 Å². The molecule has 0 saturated carbocycles. The summed E-state index contributed by atoms with van der Waals surface area (Å²) in [5, 5.41) is 5.35. The molecule has 0 fully saturated rings. The molecule has 0 aliphatic carbocycles. The highest BCUT2D eigenvalue weighted by Crippen LogP contribution is 2.16. The van der Waals surface area contributed by atoms with Crippen LogP contribution in [-0.4, -0.2) is 18.4 Å². The van der Waals surface area contributed by atoms with Crippen LogP contribution in [0.1, 0.15) is 13.3 Å². The summed E-state index contributed by atoms with van der Waals surface area (Å²) in [6.07, 6.45) is -0.247. The van der Waals surface area contributed by atoms with Gasteiger partial charge in [-0.3, -0.25) is 9.59 Å². The van der Waals surface area contributed by atoms with Crippen LogP contribution in [0.25, 0.3) is 0 Å². The monoisotopic (exact) mass is 376 g/mol. The third kappa shape index (κ3) is 5.75. The van der Waals surface area contributed by atoms with Crippen molar-refractivity contribution in [3.05, 3.63) is 53.0 Å². The van der Waals surface area contributed by atoms with Crippen LogP contribution in [0.3, 0.4) is 0 Å². The minimum atomic E-state index is -0.372. The van der Waals surface area contributed by atoms with E-state index in [1.54, 1.807) is 36.4 Å². The smallest absolute Gasteiger partial charge is 0.233 e. The Bertz CT molecular complexity index is 669. The summed E-state index contributed by atoms with van der Waals surface area (Å²) in [7, 11) is 0. The number of anilines is 2. The lowest BCUT2D eigenvalue weighted by Crippen LogP contribution is -2.21. The van der Waals surface area contributed by atoms with Crippen LogP contribution < -0.4 is 15.4 Å². The van der Waals surface area contributed by atoms with E-state index in [0.29, 0.717) is 18.0 Å². The van der Waals surface area contributed by atoms with Crippen LogP contribution in [0.4, 0.5) is 11.4 Å². The average Bonchev–Trinajstić information content (AvgIpc) is 2.51. The van der Waals surface area contributed by atoms with E-state index < -0.39 is 0 Å². The van der Waals surface area contributed by atoms with Crippen LogP contribution in [-0.2, 0) is 9.59 Å². The maximum atomic E-state index is 11.9. The fraction of sp³-hybridized carbons (Fsp3) is 0.176. The maximum absolute atomic E-state index is 11.9. The molecule has 0 heterocycles. The summed E-state index contributed by atoms with van der Waals surface area (Å²) in [6.45, 7) is 2.49. The molecule has 0 spiro atoms. The number of hydrogen-bond donors (Lipinski definition) is 2. The van der Waals surface area contributed by atoms with Gasteiger partial charge in [0.05, 0.1) is 6.61 Å². The largest absolute Gasteiger partial charge is 0.494 e. The number of benzene rings is 2. The number of carbonyl (C=O) groups is 2. The predicted molar refractivity (Wildman–Crippen MR) is 93.6 cm³/mol. The summed E-state index contributed by atoms with van der Waals surface area (Å²) < 4.78 is 6.25. The second-order valence-corrected chi connectivity index (χ2v) is 5.65. The van der Waals surface area contributed by atoms with Crippen molar-refractivity contribution in [3.8, 4) is 5.75 Å². The van der Waals surface area contributed by atoms with Crippen LogP contribution in [0, 0.1) is 0 Å². The van der Waals surface area contributed by atoms with Crippen molar-refractivity contribution in [2.45, 2.75) is 13.3 Å². The van der Waals surface area contributed by atoms with E-state index in [4.69, 9.17) is 4.74 Å². The van der Waals surface area contributed by atoms with Gasteiger partial charge >= 0.3 is 0 Å². The zero-order valence-corrected chi connectivity index (χ0v) is 14.2. The zero-order valence-electron chi connectivity index (χ0n) is 12.6. The second kappa shape index (κ2) is 8.33. The molecule has 23 heavy (non-hydrogen) atoms. The molecule has 0 saturated heterocycles. The van der Waals surface area contributed by atoms with Gasteiger partial charge in [-0.25, -0.2) is 0 Å². The van der Waals surface area contributed by atoms with Crippen molar-refractivity contribution in [3.63, 3.8) is 0 Å². The van der Waals surface area contributed by atoms with E-state index in [2.05, 4.69) is 26.6 Å². The van der Waals surface area contributed by atoms with Gasteiger partial charge in [0.1, 0.15) is 12.2 Å². The lowest BCUT2D eigenvalue weighted by molar-refractivity contribution is -0.123. The molecule has 0 radical (unpaired) electrons. The predicted octanol–water partition coefficient (Wildman–Crippen LogP) is 3.82. The topological polar surface area (TPSA) is 67.4 Å². The molecule has 0 aliphatic rings. The molecule has 0 bridgehead atoms. The summed E-state index contributed by atoms with van der Waals surface area (Å²) in [5.74, 6) is -0.00184. The third-order valence-corrected chi connectivity index (χ3v) is 3.43. The van der Waals surface area contributed by atoms with Crippen molar-refractivity contribution in [1.29, 1.82) is 0 Å². The normalized spacial score (nSPS) is 10.0. The molecule has 0 atom stereocenters. The van der Waals surface area contributed by atoms with Crippen molar-refractivity contribution < 1.29 is 14.3 Å². The highest BCUT2D eigenvalue weighted by molar-refractivity contribution is 9.10. The molecule has 2 rings (SSSR count). The molecule has 2 aromatic rings. The molecule has 0 aliphatic heterocycles. The summed E-state index contributed by atoms with van der Waals surface area (Å²) in [4.78, 5) is 23.7. The molecule has 2 N–H and O–H groups in total. The highest BCUT2D eigenvalue weighted by atomic mass is 79.9. The van der Waals surface area contributed by atoms with E-state index in [0.717, 1.165) is 10.2 Å². The molecule has 0 aromatic heterocycles. The Hall–Kier alpha value is -2.34. The highest BCUT2D eigenvalue weighted by Gasteiger charge is 2.10. The first-order valence-electron chi connectivity index (χ1n) is 7.15. The quantitative estimate of drug-likeness (QED) is 0.753. The van der Waals surface area contributed by atoms with Gasteiger partial charge in [0, 0.05) is 15.8 Å². The van der Waals surface area contributed by atoms with Crippen LogP contribution in [0.5, 0.6) is 5.75 Å². The first kappa shape index (κ1) is 17.0. The first-order valence-corrected chi connectivity index (χ1v) is 7.94. The minimum absolute atomic E-state index is 0.247. The second-order valence-electron chi connectivity index (χ2n) is 4.74. The van der Waals surface area contributed by atoms with Crippen LogP contribution >= 0.6 is 15.9 Å². The number of halogens is 1. The van der Waals surface area contributed by atoms with Gasteiger partial charge in [-0.2, -0.15) is 0 Å². The van der Waals surface area contributed by atoms with Crippen molar-refractivity contribution in [2.75, 3.05) is 17.2 Å². The first-order chi connectivity index (χ1) is 11.1. The number of rotatable bonds is 6. The van der Waals surface area contributed by atoms with Gasteiger partial charge in [-0.15, -0.1) is 0 Å². The Morgan fingerprint density at radius 2 is 1.39 bits per heavy atom. The van der Waals surface area contributed by atoms with E-state index >= 15 is 0 Å². The van der Waals surface area contributed by atoms with Gasteiger partial charge in [-0.05, 0) is 55.5 Å².